The van der Waals surface area contributed by atoms with E-state index >= 15 is 0 Å². The summed E-state index contributed by atoms with van der Waals surface area (Å²) in [5.74, 6) is 0.223. The van der Waals surface area contributed by atoms with Crippen LogP contribution in [0.1, 0.15) is 31.1 Å². The number of hydrogen-bond donors (Lipinski definition) is 2. The number of amides is 1. The number of nitrogens with one attached hydrogen (secondary N) is 2. The van der Waals surface area contributed by atoms with Crippen molar-refractivity contribution in [2.75, 3.05) is 10.6 Å². The van der Waals surface area contributed by atoms with Gasteiger partial charge in [0, 0.05) is 29.5 Å². The summed E-state index contributed by atoms with van der Waals surface area (Å²) in [4.78, 5) is 25.1. The van der Waals surface area contributed by atoms with Crippen LogP contribution in [0.5, 0.6) is 0 Å². The Kier molecular flexibility index (Phi) is 4.12. The van der Waals surface area contributed by atoms with Gasteiger partial charge in [0.1, 0.15) is 0 Å². The quantitative estimate of drug-likeness (QED) is 0.772. The molecule has 1 aromatic carbocycles. The van der Waals surface area contributed by atoms with Crippen LogP contribution in [0.3, 0.4) is 0 Å². The molecule has 2 heterocycles. The van der Waals surface area contributed by atoms with Gasteiger partial charge in [0.25, 0.3) is 5.91 Å². The molecular weight excluding hydrogens is 302 g/mol. The first kappa shape index (κ1) is 15.9. The summed E-state index contributed by atoms with van der Waals surface area (Å²) in [7, 11) is 0. The number of carbonyl (C=O) groups excluding carboxylic acids is 1. The van der Waals surface area contributed by atoms with Gasteiger partial charge in [0.2, 0.25) is 5.95 Å². The van der Waals surface area contributed by atoms with Crippen LogP contribution in [0.25, 0.3) is 10.9 Å². The summed E-state index contributed by atoms with van der Waals surface area (Å²) in [6, 6.07) is 9.47. The van der Waals surface area contributed by atoms with Crippen molar-refractivity contribution in [3.05, 3.63) is 54.5 Å². The number of pyridine rings is 1. The zero-order valence-electron chi connectivity index (χ0n) is 13.9. The summed E-state index contributed by atoms with van der Waals surface area (Å²) in [5.41, 5.74) is 1.66. The predicted octanol–water partition coefficient (Wildman–Crippen LogP) is 3.49. The second-order valence-corrected chi connectivity index (χ2v) is 6.51. The minimum Gasteiger partial charge on any atom is -0.350 e. The zero-order chi connectivity index (χ0) is 17.2. The Bertz CT molecular complexity index is 863. The van der Waals surface area contributed by atoms with Gasteiger partial charge in [-0.3, -0.25) is 9.78 Å². The van der Waals surface area contributed by atoms with Gasteiger partial charge < -0.3 is 10.6 Å². The standard InChI is InChI=1S/C18H19N5O/c1-18(2,3)23-17-20-10-13(11-21-17)16(24)22-14-8-4-6-12-7-5-9-19-15(12)14/h4-11H,1-3H3,(H,22,24)(H,20,21,23). The number of rotatable bonds is 3. The van der Waals surface area contributed by atoms with Crippen molar-refractivity contribution >= 4 is 28.4 Å². The molecule has 0 saturated heterocycles. The van der Waals surface area contributed by atoms with Gasteiger partial charge in [0.15, 0.2) is 0 Å². The predicted molar refractivity (Wildman–Crippen MR) is 95.1 cm³/mol. The monoisotopic (exact) mass is 321 g/mol. The maximum absolute atomic E-state index is 12.4. The van der Waals surface area contributed by atoms with Crippen molar-refractivity contribution in [2.45, 2.75) is 26.3 Å². The molecule has 2 aromatic heterocycles. The molecule has 0 aliphatic carbocycles. The number of carbonyl (C=O) groups is 1. The number of anilines is 2. The van der Waals surface area contributed by atoms with E-state index in [9.17, 15) is 4.79 Å². The lowest BCUT2D eigenvalue weighted by atomic mass is 10.1. The molecular formula is C18H19N5O. The van der Waals surface area contributed by atoms with E-state index in [1.165, 1.54) is 12.4 Å². The summed E-state index contributed by atoms with van der Waals surface area (Å²) >= 11 is 0. The number of para-hydroxylation sites is 1. The van der Waals surface area contributed by atoms with E-state index in [-0.39, 0.29) is 11.4 Å². The Morgan fingerprint density at radius 3 is 2.42 bits per heavy atom. The number of benzene rings is 1. The van der Waals surface area contributed by atoms with Gasteiger partial charge in [-0.2, -0.15) is 0 Å². The first-order valence-electron chi connectivity index (χ1n) is 7.68. The van der Waals surface area contributed by atoms with Crippen LogP contribution in [0.4, 0.5) is 11.6 Å². The fourth-order valence-electron chi connectivity index (χ4n) is 2.24. The summed E-state index contributed by atoms with van der Waals surface area (Å²) in [6.45, 7) is 6.06. The topological polar surface area (TPSA) is 79.8 Å². The van der Waals surface area contributed by atoms with Crippen LogP contribution in [-0.2, 0) is 0 Å². The third-order valence-electron chi connectivity index (χ3n) is 3.28. The lowest BCUT2D eigenvalue weighted by Crippen LogP contribution is -2.27. The van der Waals surface area contributed by atoms with Crippen molar-refractivity contribution in [1.82, 2.24) is 15.0 Å². The van der Waals surface area contributed by atoms with Gasteiger partial charge in [-0.1, -0.05) is 18.2 Å². The summed E-state index contributed by atoms with van der Waals surface area (Å²) in [6.07, 6.45) is 4.72. The van der Waals surface area contributed by atoms with Gasteiger partial charge in [-0.15, -0.1) is 0 Å². The van der Waals surface area contributed by atoms with Crippen molar-refractivity contribution in [2.24, 2.45) is 0 Å². The van der Waals surface area contributed by atoms with Crippen LogP contribution in [-0.4, -0.2) is 26.4 Å². The molecule has 2 N–H and O–H groups in total. The van der Waals surface area contributed by atoms with Crippen LogP contribution >= 0.6 is 0 Å². The maximum Gasteiger partial charge on any atom is 0.258 e. The fraction of sp³-hybridized carbons (Fsp3) is 0.222. The Labute approximate surface area is 140 Å². The van der Waals surface area contributed by atoms with Gasteiger partial charge in [0.05, 0.1) is 16.8 Å². The van der Waals surface area contributed by atoms with E-state index < -0.39 is 0 Å². The van der Waals surface area contributed by atoms with E-state index in [1.54, 1.807) is 6.20 Å². The normalized spacial score (nSPS) is 11.3. The molecule has 3 rings (SSSR count). The van der Waals surface area contributed by atoms with Gasteiger partial charge in [-0.25, -0.2) is 9.97 Å². The molecule has 0 unspecified atom stereocenters. The zero-order valence-corrected chi connectivity index (χ0v) is 13.9. The highest BCUT2D eigenvalue weighted by Gasteiger charge is 2.13. The molecule has 6 heteroatoms. The first-order chi connectivity index (χ1) is 11.4. The molecule has 0 spiro atoms. The number of aromatic nitrogens is 3. The molecule has 1 amide bonds. The number of nitrogens with zero attached hydrogens (tertiary/aromatic N) is 3. The first-order valence-corrected chi connectivity index (χ1v) is 7.68. The summed E-state index contributed by atoms with van der Waals surface area (Å²) in [5, 5.41) is 6.99. The molecule has 122 valence electrons. The average molecular weight is 321 g/mol. The average Bonchev–Trinajstić information content (AvgIpc) is 2.54. The Hall–Kier alpha value is -3.02. The summed E-state index contributed by atoms with van der Waals surface area (Å²) < 4.78 is 0. The lowest BCUT2D eigenvalue weighted by molar-refractivity contribution is 0.102. The second kappa shape index (κ2) is 6.23. The molecule has 3 aromatic rings. The Balaban J connectivity index is 1.79. The van der Waals surface area contributed by atoms with Crippen molar-refractivity contribution in [1.29, 1.82) is 0 Å². The maximum atomic E-state index is 12.4. The molecule has 0 saturated carbocycles. The van der Waals surface area contributed by atoms with Crippen molar-refractivity contribution < 1.29 is 4.79 Å². The van der Waals surface area contributed by atoms with E-state index in [0.717, 1.165) is 10.9 Å². The molecule has 0 bridgehead atoms. The highest BCUT2D eigenvalue weighted by molar-refractivity contribution is 6.08. The van der Waals surface area contributed by atoms with Crippen LogP contribution in [0, 0.1) is 0 Å². The minimum atomic E-state index is -0.268. The third kappa shape index (κ3) is 3.65. The van der Waals surface area contributed by atoms with Crippen molar-refractivity contribution in [3.8, 4) is 0 Å². The Morgan fingerprint density at radius 2 is 1.71 bits per heavy atom. The molecule has 0 aliphatic heterocycles. The van der Waals surface area contributed by atoms with E-state index in [2.05, 4.69) is 25.6 Å². The second-order valence-electron chi connectivity index (χ2n) is 6.51. The van der Waals surface area contributed by atoms with E-state index in [4.69, 9.17) is 0 Å². The van der Waals surface area contributed by atoms with E-state index in [0.29, 0.717) is 17.2 Å². The lowest BCUT2D eigenvalue weighted by Gasteiger charge is -2.20. The highest BCUT2D eigenvalue weighted by Crippen LogP contribution is 2.21. The van der Waals surface area contributed by atoms with Crippen molar-refractivity contribution in [3.63, 3.8) is 0 Å². The SMILES string of the molecule is CC(C)(C)Nc1ncc(C(=O)Nc2cccc3cccnc23)cn1. The molecule has 0 radical (unpaired) electrons. The van der Waals surface area contributed by atoms with Gasteiger partial charge in [-0.05, 0) is 32.9 Å². The highest BCUT2D eigenvalue weighted by atomic mass is 16.1. The minimum absolute atomic E-state index is 0.140. The molecule has 0 atom stereocenters. The molecule has 0 aliphatic rings. The molecule has 0 fully saturated rings. The largest absolute Gasteiger partial charge is 0.350 e. The molecule has 24 heavy (non-hydrogen) atoms. The van der Waals surface area contributed by atoms with Crippen LogP contribution in [0.15, 0.2) is 48.9 Å². The smallest absolute Gasteiger partial charge is 0.258 e. The molecule has 6 nitrogen and oxygen atoms in total. The van der Waals surface area contributed by atoms with Crippen LogP contribution < -0.4 is 10.6 Å². The fourth-order valence-corrected chi connectivity index (χ4v) is 2.24. The van der Waals surface area contributed by atoms with Gasteiger partial charge >= 0.3 is 0 Å². The van der Waals surface area contributed by atoms with Crippen LogP contribution in [0.2, 0.25) is 0 Å². The number of hydrogen-bond acceptors (Lipinski definition) is 5. The Morgan fingerprint density at radius 1 is 1.00 bits per heavy atom. The van der Waals surface area contributed by atoms with E-state index in [1.807, 2.05) is 51.1 Å². The third-order valence-corrected chi connectivity index (χ3v) is 3.28. The number of fused-ring (bicyclic) bond motifs is 1.